The van der Waals surface area contributed by atoms with Crippen LogP contribution in [0.3, 0.4) is 0 Å². The second-order valence-electron chi connectivity index (χ2n) is 4.30. The summed E-state index contributed by atoms with van der Waals surface area (Å²) in [6, 6.07) is 4.78. The van der Waals surface area contributed by atoms with E-state index in [0.29, 0.717) is 21.9 Å². The van der Waals surface area contributed by atoms with Crippen LogP contribution < -0.4 is 10.5 Å². The van der Waals surface area contributed by atoms with E-state index in [0.717, 1.165) is 5.39 Å². The summed E-state index contributed by atoms with van der Waals surface area (Å²) in [6.07, 6.45) is 1.67. The largest absolute Gasteiger partial charge is 0.496 e. The number of halogens is 1. The number of methoxy groups -OCH3 is 2. The molecule has 2 aromatic rings. The number of ether oxygens (including phenoxy) is 2. The monoisotopic (exact) mass is 294 g/mol. The molecule has 0 radical (unpaired) electrons. The molecule has 1 aromatic heterocycles. The summed E-state index contributed by atoms with van der Waals surface area (Å²) < 4.78 is 10.0. The number of hydrogen-bond donors (Lipinski definition) is 1. The lowest BCUT2D eigenvalue weighted by Crippen LogP contribution is -2.17. The van der Waals surface area contributed by atoms with E-state index in [-0.39, 0.29) is 12.4 Å². The van der Waals surface area contributed by atoms with Crippen LogP contribution in [0, 0.1) is 0 Å². The van der Waals surface area contributed by atoms with E-state index in [9.17, 15) is 4.79 Å². The maximum Gasteiger partial charge on any atom is 0.307 e. The number of fused-ring (bicyclic) bond motifs is 1. The maximum atomic E-state index is 11.3. The third-order valence-corrected chi connectivity index (χ3v) is 3.26. The van der Waals surface area contributed by atoms with E-state index in [4.69, 9.17) is 22.1 Å². The second kappa shape index (κ2) is 6.07. The molecule has 20 heavy (non-hydrogen) atoms. The molecular weight excluding hydrogens is 280 g/mol. The van der Waals surface area contributed by atoms with Crippen molar-refractivity contribution >= 4 is 28.5 Å². The first-order valence-electron chi connectivity index (χ1n) is 6.01. The van der Waals surface area contributed by atoms with Crippen LogP contribution in [0.2, 0.25) is 5.02 Å². The number of esters is 1. The van der Waals surface area contributed by atoms with E-state index >= 15 is 0 Å². The fraction of sp³-hybridized carbons (Fsp3) is 0.286. The quantitative estimate of drug-likeness (QED) is 0.877. The van der Waals surface area contributed by atoms with E-state index in [2.05, 4.69) is 9.72 Å². The van der Waals surface area contributed by atoms with Gasteiger partial charge in [0.25, 0.3) is 0 Å². The molecule has 0 aliphatic heterocycles. The molecule has 106 valence electrons. The van der Waals surface area contributed by atoms with E-state index in [1.807, 2.05) is 6.07 Å². The van der Waals surface area contributed by atoms with Crippen LogP contribution in [0.25, 0.3) is 10.9 Å². The van der Waals surface area contributed by atoms with Gasteiger partial charge < -0.3 is 15.2 Å². The van der Waals surface area contributed by atoms with Crippen molar-refractivity contribution in [3.8, 4) is 5.75 Å². The Morgan fingerprint density at radius 1 is 1.45 bits per heavy atom. The number of nitrogens with zero attached hydrogens (tertiary/aromatic N) is 1. The SMILES string of the molecule is COC(=O)C[C@H](N)c1cnc2cc(Cl)ccc2c1OC. The van der Waals surface area contributed by atoms with Gasteiger partial charge >= 0.3 is 5.97 Å². The summed E-state index contributed by atoms with van der Waals surface area (Å²) in [5, 5.41) is 1.40. The van der Waals surface area contributed by atoms with E-state index in [1.165, 1.54) is 7.11 Å². The summed E-state index contributed by atoms with van der Waals surface area (Å²) in [7, 11) is 2.88. The van der Waals surface area contributed by atoms with E-state index < -0.39 is 6.04 Å². The molecule has 2 rings (SSSR count). The smallest absolute Gasteiger partial charge is 0.307 e. The summed E-state index contributed by atoms with van der Waals surface area (Å²) >= 11 is 5.94. The van der Waals surface area contributed by atoms with Crippen molar-refractivity contribution < 1.29 is 14.3 Å². The van der Waals surface area contributed by atoms with E-state index in [1.54, 1.807) is 25.4 Å². The van der Waals surface area contributed by atoms with Gasteiger partial charge in [-0.2, -0.15) is 0 Å². The number of carbonyl (C=O) groups is 1. The Morgan fingerprint density at radius 2 is 2.20 bits per heavy atom. The standard InChI is InChI=1S/C14H15ClN2O3/c1-19-13(18)6-11(16)10-7-17-12-5-8(15)3-4-9(12)14(10)20-2/h3-5,7,11H,6,16H2,1-2H3/t11-/m0/s1. The van der Waals surface area contributed by atoms with Crippen molar-refractivity contribution in [2.75, 3.05) is 14.2 Å². The van der Waals surface area contributed by atoms with Gasteiger partial charge in [0.2, 0.25) is 0 Å². The van der Waals surface area contributed by atoms with Crippen LogP contribution in [0.15, 0.2) is 24.4 Å². The first kappa shape index (κ1) is 14.6. The van der Waals surface area contributed by atoms with Crippen molar-refractivity contribution in [2.45, 2.75) is 12.5 Å². The zero-order chi connectivity index (χ0) is 14.7. The molecule has 1 heterocycles. The third kappa shape index (κ3) is 2.84. The molecule has 0 unspecified atom stereocenters. The fourth-order valence-electron chi connectivity index (χ4n) is 2.02. The number of pyridine rings is 1. The molecular formula is C14H15ClN2O3. The van der Waals surface area contributed by atoms with Gasteiger partial charge in [0.1, 0.15) is 5.75 Å². The third-order valence-electron chi connectivity index (χ3n) is 3.03. The summed E-state index contributed by atoms with van der Waals surface area (Å²) in [6.45, 7) is 0. The average Bonchev–Trinajstić information content (AvgIpc) is 2.45. The van der Waals surface area contributed by atoms with Gasteiger partial charge in [-0.05, 0) is 18.2 Å². The minimum absolute atomic E-state index is 0.0631. The lowest BCUT2D eigenvalue weighted by atomic mass is 10.0. The number of nitrogens with two attached hydrogens (primary N) is 1. The predicted octanol–water partition coefficient (Wildman–Crippen LogP) is 2.46. The highest BCUT2D eigenvalue weighted by Crippen LogP contribution is 2.33. The summed E-state index contributed by atoms with van der Waals surface area (Å²) in [4.78, 5) is 15.6. The molecule has 2 N–H and O–H groups in total. The number of benzene rings is 1. The van der Waals surface area contributed by atoms with Crippen molar-refractivity contribution in [2.24, 2.45) is 5.73 Å². The average molecular weight is 295 g/mol. The Hall–Kier alpha value is -1.85. The lowest BCUT2D eigenvalue weighted by molar-refractivity contribution is -0.141. The van der Waals surface area contributed by atoms with Crippen LogP contribution in [0.1, 0.15) is 18.0 Å². The number of hydrogen-bond acceptors (Lipinski definition) is 5. The minimum atomic E-state index is -0.537. The Morgan fingerprint density at radius 3 is 2.85 bits per heavy atom. The van der Waals surface area contributed by atoms with Crippen molar-refractivity contribution in [3.63, 3.8) is 0 Å². The number of aromatic nitrogens is 1. The highest BCUT2D eigenvalue weighted by Gasteiger charge is 2.19. The molecule has 0 aliphatic carbocycles. The maximum absolute atomic E-state index is 11.3. The molecule has 1 atom stereocenters. The molecule has 6 heteroatoms. The molecule has 0 fully saturated rings. The van der Waals surface area contributed by atoms with Crippen molar-refractivity contribution in [1.82, 2.24) is 4.98 Å². The Labute approximate surface area is 121 Å². The van der Waals surface area contributed by atoms with Crippen LogP contribution in [-0.2, 0) is 9.53 Å². The predicted molar refractivity (Wildman–Crippen MR) is 76.9 cm³/mol. The molecule has 0 aliphatic rings. The lowest BCUT2D eigenvalue weighted by Gasteiger charge is -2.16. The first-order chi connectivity index (χ1) is 9.56. The number of carbonyl (C=O) groups excluding carboxylic acids is 1. The summed E-state index contributed by atoms with van der Waals surface area (Å²) in [5.74, 6) is 0.221. The first-order valence-corrected chi connectivity index (χ1v) is 6.39. The van der Waals surface area contributed by atoms with Crippen LogP contribution >= 0.6 is 11.6 Å². The van der Waals surface area contributed by atoms with Gasteiger partial charge in [-0.3, -0.25) is 9.78 Å². The molecule has 0 bridgehead atoms. The highest BCUT2D eigenvalue weighted by molar-refractivity contribution is 6.31. The molecule has 0 saturated carbocycles. The van der Waals surface area contributed by atoms with Gasteiger partial charge in [0.05, 0.1) is 26.2 Å². The topological polar surface area (TPSA) is 74.4 Å². The van der Waals surface area contributed by atoms with Gasteiger partial charge in [-0.1, -0.05) is 11.6 Å². The van der Waals surface area contributed by atoms with Crippen LogP contribution in [0.5, 0.6) is 5.75 Å². The Kier molecular flexibility index (Phi) is 4.42. The molecule has 0 saturated heterocycles. The molecule has 1 aromatic carbocycles. The van der Waals surface area contributed by atoms with Gasteiger partial charge in [0, 0.05) is 28.2 Å². The minimum Gasteiger partial charge on any atom is -0.496 e. The zero-order valence-electron chi connectivity index (χ0n) is 11.2. The van der Waals surface area contributed by atoms with Crippen molar-refractivity contribution in [3.05, 3.63) is 35.0 Å². The second-order valence-corrected chi connectivity index (χ2v) is 4.73. The van der Waals surface area contributed by atoms with Gasteiger partial charge in [0.15, 0.2) is 0 Å². The van der Waals surface area contributed by atoms with Crippen molar-refractivity contribution in [1.29, 1.82) is 0 Å². The van der Waals surface area contributed by atoms with Gasteiger partial charge in [-0.25, -0.2) is 0 Å². The highest BCUT2D eigenvalue weighted by atomic mass is 35.5. The van der Waals surface area contributed by atoms with Gasteiger partial charge in [-0.15, -0.1) is 0 Å². The molecule has 5 nitrogen and oxygen atoms in total. The normalized spacial score (nSPS) is 12.2. The van der Waals surface area contributed by atoms with Crippen LogP contribution in [-0.4, -0.2) is 25.2 Å². The Balaban J connectivity index is 2.48. The zero-order valence-corrected chi connectivity index (χ0v) is 12.0. The summed E-state index contributed by atoms with van der Waals surface area (Å²) in [5.41, 5.74) is 7.39. The molecule has 0 amide bonds. The van der Waals surface area contributed by atoms with Crippen LogP contribution in [0.4, 0.5) is 0 Å². The molecule has 0 spiro atoms. The fourth-order valence-corrected chi connectivity index (χ4v) is 2.19. The number of rotatable bonds is 4. The Bertz CT molecular complexity index is 646.